The molecule has 1 saturated heterocycles. The van der Waals surface area contributed by atoms with Gasteiger partial charge in [-0.25, -0.2) is 8.42 Å². The molecule has 1 aromatic heterocycles. The van der Waals surface area contributed by atoms with Gasteiger partial charge >= 0.3 is 0 Å². The van der Waals surface area contributed by atoms with Crippen LogP contribution in [0.15, 0.2) is 18.5 Å². The zero-order chi connectivity index (χ0) is 13.2. The number of nitrogens with one attached hydrogen (secondary N) is 1. The second-order valence-corrected chi connectivity index (χ2v) is 6.97. The van der Waals surface area contributed by atoms with E-state index in [4.69, 9.17) is 0 Å². The van der Waals surface area contributed by atoms with Gasteiger partial charge in [-0.2, -0.15) is 5.10 Å². The average Bonchev–Trinajstić information content (AvgIpc) is 2.87. The van der Waals surface area contributed by atoms with Crippen molar-refractivity contribution in [2.45, 2.75) is 25.9 Å². The van der Waals surface area contributed by atoms with Crippen LogP contribution in [0.1, 0.15) is 13.3 Å². The molecule has 1 amide bonds. The number of nitrogens with zero attached hydrogens (tertiary/aromatic N) is 2. The summed E-state index contributed by atoms with van der Waals surface area (Å²) in [7, 11) is -3.00. The minimum absolute atomic E-state index is 0.0205. The molecule has 2 atom stereocenters. The normalized spacial score (nSPS) is 23.7. The standard InChI is InChI=1S/C11H17N3O3S/c1-9(7-14-5-2-4-12-14)13-11(15)10-3-6-18(16,17)8-10/h2,4-5,9-10H,3,6-8H2,1H3,(H,13,15)/t9-,10+/m1/s1. The highest BCUT2D eigenvalue weighted by molar-refractivity contribution is 7.91. The molecule has 7 heteroatoms. The van der Waals surface area contributed by atoms with Gasteiger partial charge in [-0.05, 0) is 19.4 Å². The third kappa shape index (κ3) is 3.32. The molecule has 0 bridgehead atoms. The van der Waals surface area contributed by atoms with E-state index >= 15 is 0 Å². The summed E-state index contributed by atoms with van der Waals surface area (Å²) in [6.07, 6.45) is 3.93. The van der Waals surface area contributed by atoms with Crippen molar-refractivity contribution < 1.29 is 13.2 Å². The molecule has 1 N–H and O–H groups in total. The molecule has 2 rings (SSSR count). The van der Waals surface area contributed by atoms with Crippen molar-refractivity contribution in [1.82, 2.24) is 15.1 Å². The first-order valence-corrected chi connectivity index (χ1v) is 7.76. The van der Waals surface area contributed by atoms with E-state index in [1.165, 1.54) is 0 Å². The molecule has 1 aromatic rings. The summed E-state index contributed by atoms with van der Waals surface area (Å²) in [5.41, 5.74) is 0. The van der Waals surface area contributed by atoms with Gasteiger partial charge in [-0.1, -0.05) is 0 Å². The monoisotopic (exact) mass is 271 g/mol. The number of sulfone groups is 1. The van der Waals surface area contributed by atoms with Gasteiger partial charge in [0.15, 0.2) is 9.84 Å². The maximum atomic E-state index is 11.9. The molecular formula is C11H17N3O3S. The number of hydrogen-bond acceptors (Lipinski definition) is 4. The van der Waals surface area contributed by atoms with E-state index in [2.05, 4.69) is 10.4 Å². The smallest absolute Gasteiger partial charge is 0.224 e. The van der Waals surface area contributed by atoms with E-state index in [0.717, 1.165) is 0 Å². The van der Waals surface area contributed by atoms with Crippen LogP contribution in [0.3, 0.4) is 0 Å². The third-order valence-corrected chi connectivity index (χ3v) is 4.78. The van der Waals surface area contributed by atoms with Crippen molar-refractivity contribution in [2.24, 2.45) is 5.92 Å². The Kier molecular flexibility index (Phi) is 3.70. The number of rotatable bonds is 4. The van der Waals surface area contributed by atoms with Gasteiger partial charge in [0.25, 0.3) is 0 Å². The van der Waals surface area contributed by atoms with Crippen molar-refractivity contribution in [3.63, 3.8) is 0 Å². The van der Waals surface area contributed by atoms with Crippen molar-refractivity contribution in [2.75, 3.05) is 11.5 Å². The lowest BCUT2D eigenvalue weighted by atomic mass is 10.1. The second-order valence-electron chi connectivity index (χ2n) is 4.74. The first kappa shape index (κ1) is 13.1. The summed E-state index contributed by atoms with van der Waals surface area (Å²) in [5.74, 6) is -0.461. The van der Waals surface area contributed by atoms with Gasteiger partial charge in [0.2, 0.25) is 5.91 Å². The van der Waals surface area contributed by atoms with Crippen LogP contribution in [0.25, 0.3) is 0 Å². The SMILES string of the molecule is C[C@H](Cn1cccn1)NC(=O)[C@H]1CCS(=O)(=O)C1. The van der Waals surface area contributed by atoms with Crippen molar-refractivity contribution in [3.05, 3.63) is 18.5 Å². The lowest BCUT2D eigenvalue weighted by Gasteiger charge is -2.16. The van der Waals surface area contributed by atoms with Crippen molar-refractivity contribution in [3.8, 4) is 0 Å². The lowest BCUT2D eigenvalue weighted by Crippen LogP contribution is -2.40. The zero-order valence-electron chi connectivity index (χ0n) is 10.2. The lowest BCUT2D eigenvalue weighted by molar-refractivity contribution is -0.124. The molecular weight excluding hydrogens is 254 g/mol. The minimum Gasteiger partial charge on any atom is -0.352 e. The van der Waals surface area contributed by atoms with Crippen molar-refractivity contribution in [1.29, 1.82) is 0 Å². The van der Waals surface area contributed by atoms with E-state index in [1.807, 2.05) is 19.2 Å². The van der Waals surface area contributed by atoms with Gasteiger partial charge in [-0.15, -0.1) is 0 Å². The van der Waals surface area contributed by atoms with Crippen LogP contribution in [0, 0.1) is 5.92 Å². The molecule has 18 heavy (non-hydrogen) atoms. The Balaban J connectivity index is 1.84. The van der Waals surface area contributed by atoms with E-state index in [-0.39, 0.29) is 23.5 Å². The molecule has 2 heterocycles. The van der Waals surface area contributed by atoms with Crippen LogP contribution in [-0.4, -0.2) is 41.7 Å². The van der Waals surface area contributed by atoms with E-state index in [1.54, 1.807) is 10.9 Å². The van der Waals surface area contributed by atoms with Crippen LogP contribution < -0.4 is 5.32 Å². The first-order valence-electron chi connectivity index (χ1n) is 5.94. The van der Waals surface area contributed by atoms with Crippen LogP contribution in [0.5, 0.6) is 0 Å². The second kappa shape index (κ2) is 5.09. The predicted molar refractivity (Wildman–Crippen MR) is 66.6 cm³/mol. The minimum atomic E-state index is -3.00. The predicted octanol–water partition coefficient (Wildman–Crippen LogP) is -0.177. The molecule has 1 aliphatic heterocycles. The summed E-state index contributed by atoms with van der Waals surface area (Å²) in [4.78, 5) is 11.9. The van der Waals surface area contributed by atoms with Gasteiger partial charge in [0, 0.05) is 18.4 Å². The van der Waals surface area contributed by atoms with E-state index in [0.29, 0.717) is 13.0 Å². The molecule has 0 spiro atoms. The van der Waals surface area contributed by atoms with Gasteiger partial charge < -0.3 is 5.32 Å². The summed E-state index contributed by atoms with van der Waals surface area (Å²) in [5, 5.41) is 6.89. The fourth-order valence-electron chi connectivity index (χ4n) is 2.10. The molecule has 0 aromatic carbocycles. The van der Waals surface area contributed by atoms with Crippen LogP contribution >= 0.6 is 0 Å². The summed E-state index contributed by atoms with van der Waals surface area (Å²) in [6.45, 7) is 2.46. The van der Waals surface area contributed by atoms with Gasteiger partial charge in [0.1, 0.15) is 0 Å². The third-order valence-electron chi connectivity index (χ3n) is 3.01. The number of carbonyl (C=O) groups is 1. The Hall–Kier alpha value is -1.37. The fourth-order valence-corrected chi connectivity index (χ4v) is 3.84. The van der Waals surface area contributed by atoms with E-state index in [9.17, 15) is 13.2 Å². The molecule has 0 radical (unpaired) electrons. The van der Waals surface area contributed by atoms with Crippen LogP contribution in [0.2, 0.25) is 0 Å². The molecule has 1 aliphatic rings. The summed E-state index contributed by atoms with van der Waals surface area (Å²) >= 11 is 0. The largest absolute Gasteiger partial charge is 0.352 e. The Bertz CT molecular complexity index is 510. The number of hydrogen-bond donors (Lipinski definition) is 1. The quantitative estimate of drug-likeness (QED) is 0.824. The Morgan fingerprint density at radius 1 is 1.61 bits per heavy atom. The molecule has 1 fully saturated rings. The molecule has 0 saturated carbocycles. The molecule has 6 nitrogen and oxygen atoms in total. The summed E-state index contributed by atoms with van der Waals surface area (Å²) in [6, 6.07) is 1.75. The number of amides is 1. The molecule has 0 unspecified atom stereocenters. The zero-order valence-corrected chi connectivity index (χ0v) is 11.1. The Morgan fingerprint density at radius 3 is 2.94 bits per heavy atom. The van der Waals surface area contributed by atoms with E-state index < -0.39 is 15.8 Å². The highest BCUT2D eigenvalue weighted by Crippen LogP contribution is 2.18. The molecule has 100 valence electrons. The number of aromatic nitrogens is 2. The highest BCUT2D eigenvalue weighted by Gasteiger charge is 2.33. The summed E-state index contributed by atoms with van der Waals surface area (Å²) < 4.78 is 24.3. The van der Waals surface area contributed by atoms with Crippen LogP contribution in [-0.2, 0) is 21.2 Å². The maximum absolute atomic E-state index is 11.9. The maximum Gasteiger partial charge on any atom is 0.224 e. The number of carbonyl (C=O) groups excluding carboxylic acids is 1. The first-order chi connectivity index (χ1) is 8.46. The fraction of sp³-hybridized carbons (Fsp3) is 0.636. The van der Waals surface area contributed by atoms with Gasteiger partial charge in [0.05, 0.1) is 24.0 Å². The topological polar surface area (TPSA) is 81.1 Å². The Labute approximate surface area is 106 Å². The van der Waals surface area contributed by atoms with Crippen LogP contribution in [0.4, 0.5) is 0 Å². The van der Waals surface area contributed by atoms with Gasteiger partial charge in [-0.3, -0.25) is 9.48 Å². The molecule has 0 aliphatic carbocycles. The Morgan fingerprint density at radius 2 is 2.39 bits per heavy atom. The average molecular weight is 271 g/mol. The van der Waals surface area contributed by atoms with Crippen molar-refractivity contribution >= 4 is 15.7 Å². The highest BCUT2D eigenvalue weighted by atomic mass is 32.2.